The molecule has 0 saturated carbocycles. The zero-order chi connectivity index (χ0) is 78.3. The number of amides is 2. The zero-order valence-electron chi connectivity index (χ0n) is 67.3. The summed E-state index contributed by atoms with van der Waals surface area (Å²) in [5, 5.41) is 6.13. The fourth-order valence-corrected chi connectivity index (χ4v) is 15.5. The van der Waals surface area contributed by atoms with Gasteiger partial charge < -0.3 is 48.5 Å². The summed E-state index contributed by atoms with van der Waals surface area (Å²) >= 11 is 0. The molecule has 620 valence electrons. The lowest BCUT2D eigenvalue weighted by molar-refractivity contribution is -0.302. The highest BCUT2D eigenvalue weighted by molar-refractivity contribution is 7.48. The Balaban J connectivity index is 2.92. The van der Waals surface area contributed by atoms with Gasteiger partial charge in [0, 0.05) is 46.7 Å². The van der Waals surface area contributed by atoms with Crippen LogP contribution in [0.3, 0.4) is 0 Å². The Morgan fingerprint density at radius 3 is 1.36 bits per heavy atom. The van der Waals surface area contributed by atoms with Crippen LogP contribution in [0.4, 0.5) is 0 Å². The van der Waals surface area contributed by atoms with Crippen LogP contribution in [-0.4, -0.2) is 158 Å². The van der Waals surface area contributed by atoms with Crippen molar-refractivity contribution < 1.29 is 93.3 Å². The van der Waals surface area contributed by atoms with E-state index in [0.29, 0.717) is 25.7 Å². The van der Waals surface area contributed by atoms with Gasteiger partial charge in [0.1, 0.15) is 48.4 Å². The lowest BCUT2D eigenvalue weighted by Crippen LogP contribution is -2.68. The van der Waals surface area contributed by atoms with Gasteiger partial charge in [-0.3, -0.25) is 46.3 Å². The van der Waals surface area contributed by atoms with Crippen molar-refractivity contribution in [2.24, 2.45) is 0 Å². The first-order chi connectivity index (χ1) is 52.1. The van der Waals surface area contributed by atoms with Gasteiger partial charge in [-0.05, 0) is 64.2 Å². The van der Waals surface area contributed by atoms with E-state index in [0.717, 1.165) is 161 Å². The normalized spacial score (nSPS) is 20.7. The zero-order valence-corrected chi connectivity index (χ0v) is 69.1. The van der Waals surface area contributed by atoms with E-state index >= 15 is 0 Å². The van der Waals surface area contributed by atoms with E-state index in [1.807, 2.05) is 0 Å². The molecular formula is C83H148N2O20P2. The highest BCUT2D eigenvalue weighted by Gasteiger charge is 2.55. The molecule has 2 rings (SSSR count). The number of ketones is 1. The predicted octanol–water partition coefficient (Wildman–Crippen LogP) is 20.0. The third-order valence-corrected chi connectivity index (χ3v) is 21.8. The van der Waals surface area contributed by atoms with Crippen LogP contribution in [0.25, 0.3) is 0 Å². The van der Waals surface area contributed by atoms with Gasteiger partial charge in [-0.25, -0.2) is 9.13 Å². The highest BCUT2D eigenvalue weighted by atomic mass is 31.2. The molecule has 0 spiro atoms. The predicted molar refractivity (Wildman–Crippen MR) is 426 cm³/mol. The Bertz CT molecular complexity index is 2420. The maximum absolute atomic E-state index is 14.9. The van der Waals surface area contributed by atoms with Gasteiger partial charge >= 0.3 is 21.6 Å². The van der Waals surface area contributed by atoms with E-state index in [1.165, 1.54) is 82.8 Å². The molecule has 0 unspecified atom stereocenters. The van der Waals surface area contributed by atoms with E-state index in [-0.39, 0.29) is 89.7 Å². The van der Waals surface area contributed by atoms with Crippen molar-refractivity contribution in [2.75, 3.05) is 67.1 Å². The van der Waals surface area contributed by atoms with E-state index in [4.69, 9.17) is 65.0 Å². The number of phosphoric ester groups is 2. The number of Topliss-reactive ketones (excluding diaryl/α,β-unsaturated/α-hetero) is 1. The van der Waals surface area contributed by atoms with Crippen LogP contribution in [0.15, 0.2) is 75.4 Å². The summed E-state index contributed by atoms with van der Waals surface area (Å²) < 4.78 is 119. The highest BCUT2D eigenvalue weighted by Crippen LogP contribution is 2.54. The van der Waals surface area contributed by atoms with Crippen molar-refractivity contribution in [3.63, 3.8) is 0 Å². The van der Waals surface area contributed by atoms with E-state index in [9.17, 15) is 28.3 Å². The van der Waals surface area contributed by atoms with Crippen LogP contribution in [0.1, 0.15) is 297 Å². The maximum Gasteiger partial charge on any atom is 0.477 e. The Labute approximate surface area is 647 Å². The molecule has 2 saturated heterocycles. The Morgan fingerprint density at radius 1 is 0.421 bits per heavy atom. The number of hydrogen-bond donors (Lipinski definition) is 2. The second kappa shape index (κ2) is 66.0. The van der Waals surface area contributed by atoms with Gasteiger partial charge in [-0.1, -0.05) is 250 Å². The van der Waals surface area contributed by atoms with Crippen molar-refractivity contribution in [1.29, 1.82) is 0 Å². The van der Waals surface area contributed by atoms with Gasteiger partial charge in [0.05, 0.1) is 52.2 Å². The fraction of sp³-hybridized carbons (Fsp3) is 0.807. The average Bonchev–Trinajstić information content (AvgIpc) is 0.778. The van der Waals surface area contributed by atoms with E-state index in [2.05, 4.69) is 83.4 Å². The molecule has 24 heteroatoms. The monoisotopic (exact) mass is 1560 g/mol. The minimum absolute atomic E-state index is 0.0582. The summed E-state index contributed by atoms with van der Waals surface area (Å²) in [7, 11) is -6.14. The molecule has 11 atom stereocenters. The number of ether oxygens (including phenoxy) is 8. The molecule has 0 radical (unpaired) electrons. The number of methoxy groups -OCH3 is 2. The number of rotatable bonds is 75. The molecule has 2 aliphatic rings. The topological polar surface area (TPSA) is 256 Å². The summed E-state index contributed by atoms with van der Waals surface area (Å²) in [6.07, 6.45) is 37.8. The van der Waals surface area contributed by atoms with Gasteiger partial charge in [0.2, 0.25) is 11.8 Å². The van der Waals surface area contributed by atoms with Crippen LogP contribution < -0.4 is 10.6 Å². The fourth-order valence-electron chi connectivity index (χ4n) is 13.0. The van der Waals surface area contributed by atoms with Crippen molar-refractivity contribution in [1.82, 2.24) is 10.6 Å². The average molecular weight is 1560 g/mol. The lowest BCUT2D eigenvalue weighted by atomic mass is 9.95. The molecule has 107 heavy (non-hydrogen) atoms. The molecule has 2 amide bonds. The first kappa shape index (κ1) is 99.5. The van der Waals surface area contributed by atoms with Crippen molar-refractivity contribution in [2.45, 2.75) is 365 Å². The molecule has 0 aromatic heterocycles. The SMILES string of the molecule is C=CCCC(=O)O[C@H]1[C@H](OCCCCCCCCCC)[C@@H](NC(=O)CC(=O)CCCCCCCCCCC)[C@@H](OP(=O)(OCC=C)OCC=C)O[C@@H]1CO[C@@H]1O[C@H](COC)[C@@H](OP(=O)(OCC=C)OCC=C)[C@H](OCC[C@@H](CCCCCCC)OC)[C@H]1NC(=O)CCCCCCCCCC=CCCCCCC. The molecule has 2 N–H and O–H groups in total. The summed E-state index contributed by atoms with van der Waals surface area (Å²) in [4.78, 5) is 57.3. The quantitative estimate of drug-likeness (QED) is 0.0189. The summed E-state index contributed by atoms with van der Waals surface area (Å²) in [5.74, 6) is -2.05. The minimum Gasteiger partial charge on any atom is -0.457 e. The first-order valence-corrected chi connectivity index (χ1v) is 44.3. The molecule has 22 nitrogen and oxygen atoms in total. The third-order valence-electron chi connectivity index (χ3n) is 19.0. The van der Waals surface area contributed by atoms with Gasteiger partial charge in [0.25, 0.3) is 0 Å². The standard InChI is InChI=1S/C83H148N2O20P2/c1-12-21-26-30-33-36-37-38-39-40-41-43-45-49-53-57-73(87)84-76-81(95-65-59-70(93-11)56-52-47-29-24-15-4)79(104-106(90,97-60-17-6)98-61-18-7)71(67-92-10)101-82(76)96-68-72-78(103-75(89)58-25-16-5)80(94-64-54-50-46-35-32-28-23-14-3)77(83(102-72)105-107(91,99-62-19-8)100-63-20-9)85-74(88)66-69(86)55-51-48-44-42-34-31-27-22-13-2/h16-20,36-37,70-72,76-83H,5-9,12-15,21-35,38-68H2,1-4,10-11H3,(H,84,87)(H,85,88)/t70-,71-,72-,76-,77-,78-,79-,80-,81-,82-,83-/m1/s1. The molecule has 0 aliphatic carbocycles. The van der Waals surface area contributed by atoms with Gasteiger partial charge in [-0.2, -0.15) is 0 Å². The number of carbonyl (C=O) groups is 4. The molecule has 0 aromatic rings. The second-order valence-electron chi connectivity index (χ2n) is 28.4. The molecule has 2 fully saturated rings. The molecule has 2 heterocycles. The number of esters is 1. The van der Waals surface area contributed by atoms with Crippen LogP contribution in [0.5, 0.6) is 0 Å². The largest absolute Gasteiger partial charge is 0.477 e. The summed E-state index contributed by atoms with van der Waals surface area (Å²) in [6, 6.07) is -2.73. The Morgan fingerprint density at radius 2 is 0.850 bits per heavy atom. The number of nitrogens with one attached hydrogen (secondary N) is 2. The number of phosphoric acid groups is 2. The smallest absolute Gasteiger partial charge is 0.457 e. The van der Waals surface area contributed by atoms with Crippen molar-refractivity contribution >= 4 is 39.2 Å². The van der Waals surface area contributed by atoms with E-state index in [1.54, 1.807) is 13.2 Å². The van der Waals surface area contributed by atoms with Crippen LogP contribution in [-0.2, 0) is 93.3 Å². The number of allylic oxidation sites excluding steroid dienone is 3. The molecule has 0 aromatic carbocycles. The van der Waals surface area contributed by atoms with Crippen molar-refractivity contribution in [3.8, 4) is 0 Å². The van der Waals surface area contributed by atoms with Gasteiger partial charge in [0.15, 0.2) is 18.7 Å². The minimum atomic E-state index is -4.71. The van der Waals surface area contributed by atoms with Crippen LogP contribution in [0, 0.1) is 0 Å². The van der Waals surface area contributed by atoms with E-state index < -0.39 is 102 Å². The maximum atomic E-state index is 14.9. The lowest BCUT2D eigenvalue weighted by Gasteiger charge is -2.48. The summed E-state index contributed by atoms with van der Waals surface area (Å²) in [5.41, 5.74) is 0. The number of hydrogen-bond acceptors (Lipinski definition) is 20. The van der Waals surface area contributed by atoms with Crippen LogP contribution in [0.2, 0.25) is 0 Å². The molecule has 0 bridgehead atoms. The number of carbonyl (C=O) groups excluding carboxylic acids is 4. The number of unbranched alkanes of at least 4 members (excludes halogenated alkanes) is 30. The Kier molecular flexibility index (Phi) is 61.4. The third kappa shape index (κ3) is 46.9. The van der Waals surface area contributed by atoms with Gasteiger partial charge in [-0.15, -0.1) is 32.9 Å². The van der Waals surface area contributed by atoms with Crippen LogP contribution >= 0.6 is 15.6 Å². The molecule has 2 aliphatic heterocycles. The molecular weight excluding hydrogens is 1410 g/mol. The van der Waals surface area contributed by atoms with Crippen molar-refractivity contribution in [3.05, 3.63) is 75.4 Å². The first-order valence-electron chi connectivity index (χ1n) is 41.4. The summed E-state index contributed by atoms with van der Waals surface area (Å²) in [6.45, 7) is 25.9. The second-order valence-corrected chi connectivity index (χ2v) is 31.6. The Hall–Kier alpha value is -3.54.